The monoisotopic (exact) mass is 338 g/mol. The molecule has 15 heavy (non-hydrogen) atoms. The van der Waals surface area contributed by atoms with Gasteiger partial charge >= 0.3 is 6.18 Å². The molecule has 0 saturated heterocycles. The van der Waals surface area contributed by atoms with Crippen LogP contribution in [-0.2, 0) is 6.18 Å². The first-order valence-electron chi connectivity index (χ1n) is 3.54. The van der Waals surface area contributed by atoms with E-state index in [9.17, 15) is 22.0 Å². The summed E-state index contributed by atoms with van der Waals surface area (Å²) in [6.07, 6.45) is -7.45. The van der Waals surface area contributed by atoms with Crippen molar-refractivity contribution in [2.45, 2.75) is 12.6 Å². The van der Waals surface area contributed by atoms with E-state index in [0.29, 0.717) is 0 Å². The molecule has 0 aliphatic rings. The highest BCUT2D eigenvalue weighted by atomic mass is 127. The molecule has 0 aromatic carbocycles. The number of hydrogen-bond donors (Lipinski definition) is 1. The van der Waals surface area contributed by atoms with Crippen molar-refractivity contribution in [3.05, 3.63) is 21.0 Å². The number of nitrogens with two attached hydrogens (primary N) is 1. The van der Waals surface area contributed by atoms with Crippen LogP contribution in [0.1, 0.15) is 17.6 Å². The fraction of sp³-hybridized carbons (Fsp3) is 0.286. The summed E-state index contributed by atoms with van der Waals surface area (Å²) in [4.78, 5) is 3.36. The lowest BCUT2D eigenvalue weighted by Gasteiger charge is -2.15. The minimum absolute atomic E-state index is 0.399. The molecule has 0 bridgehead atoms. The van der Waals surface area contributed by atoms with Gasteiger partial charge in [-0.3, -0.25) is 0 Å². The predicted molar refractivity (Wildman–Crippen MR) is 51.3 cm³/mol. The lowest BCUT2D eigenvalue weighted by atomic mass is 10.1. The average Bonchev–Trinajstić information content (AvgIpc) is 2.05. The summed E-state index contributed by atoms with van der Waals surface area (Å²) >= 11 is 1.31. The third-order valence-corrected chi connectivity index (χ3v) is 2.46. The Bertz CT molecular complexity index is 376. The molecule has 2 nitrogen and oxygen atoms in total. The second-order valence-corrected chi connectivity index (χ2v) is 3.61. The Morgan fingerprint density at radius 2 is 1.87 bits per heavy atom. The van der Waals surface area contributed by atoms with Crippen molar-refractivity contribution >= 4 is 28.3 Å². The topological polar surface area (TPSA) is 38.9 Å². The zero-order chi connectivity index (χ0) is 11.8. The molecule has 1 aromatic rings. The van der Waals surface area contributed by atoms with E-state index < -0.39 is 33.1 Å². The van der Waals surface area contributed by atoms with Crippen LogP contribution in [0.5, 0.6) is 0 Å². The van der Waals surface area contributed by atoms with Crippen LogP contribution in [0.2, 0.25) is 0 Å². The largest absolute Gasteiger partial charge is 0.419 e. The van der Waals surface area contributed by atoms with E-state index in [2.05, 4.69) is 4.98 Å². The first kappa shape index (κ1) is 12.4. The number of aromatic nitrogens is 1. The molecule has 0 amide bonds. The number of halogens is 6. The molecule has 84 valence electrons. The van der Waals surface area contributed by atoms with Crippen LogP contribution in [0.25, 0.3) is 0 Å². The number of hydrogen-bond acceptors (Lipinski definition) is 2. The molecule has 0 fully saturated rings. The summed E-state index contributed by atoms with van der Waals surface area (Å²) in [5.41, 5.74) is 1.54. The summed E-state index contributed by atoms with van der Waals surface area (Å²) in [6.45, 7) is 0. The van der Waals surface area contributed by atoms with E-state index >= 15 is 0 Å². The van der Waals surface area contributed by atoms with Crippen LogP contribution < -0.4 is 5.73 Å². The normalized spacial score (nSPS) is 12.2. The molecule has 0 saturated carbocycles. The van der Waals surface area contributed by atoms with Gasteiger partial charge in [0.05, 0.1) is 23.0 Å². The maximum absolute atomic E-state index is 12.4. The Balaban J connectivity index is 3.53. The molecule has 0 aliphatic carbocycles. The number of nitrogen functional groups attached to an aromatic ring is 1. The molecule has 1 heterocycles. The van der Waals surface area contributed by atoms with Gasteiger partial charge in [-0.2, -0.15) is 13.2 Å². The maximum atomic E-state index is 12.4. The summed E-state index contributed by atoms with van der Waals surface area (Å²) in [5, 5.41) is 0. The molecule has 1 aromatic heterocycles. The first-order valence-corrected chi connectivity index (χ1v) is 4.62. The molecule has 0 aliphatic heterocycles. The van der Waals surface area contributed by atoms with Crippen LogP contribution in [-0.4, -0.2) is 4.98 Å². The van der Waals surface area contributed by atoms with Crippen LogP contribution in [0.15, 0.2) is 6.20 Å². The number of alkyl halides is 5. The highest BCUT2D eigenvalue weighted by Gasteiger charge is 2.39. The van der Waals surface area contributed by atoms with Gasteiger partial charge < -0.3 is 5.73 Å². The molecule has 0 unspecified atom stereocenters. The Kier molecular flexibility index (Phi) is 3.36. The summed E-state index contributed by atoms with van der Waals surface area (Å²) in [6, 6.07) is 0. The highest BCUT2D eigenvalue weighted by molar-refractivity contribution is 14.1. The van der Waals surface area contributed by atoms with Crippen LogP contribution in [0.3, 0.4) is 0 Å². The third-order valence-electron chi connectivity index (χ3n) is 1.60. The summed E-state index contributed by atoms with van der Waals surface area (Å²) < 4.78 is 61.6. The van der Waals surface area contributed by atoms with Gasteiger partial charge in [-0.05, 0) is 22.6 Å². The zero-order valence-corrected chi connectivity index (χ0v) is 9.10. The van der Waals surface area contributed by atoms with E-state index in [1.165, 1.54) is 22.6 Å². The van der Waals surface area contributed by atoms with Gasteiger partial charge in [0.2, 0.25) is 0 Å². The lowest BCUT2D eigenvalue weighted by Crippen LogP contribution is -2.15. The smallest absolute Gasteiger partial charge is 0.397 e. The Labute approximate surface area is 94.8 Å². The number of nitrogens with zero attached hydrogens (tertiary/aromatic N) is 1. The van der Waals surface area contributed by atoms with E-state index in [1.807, 2.05) is 0 Å². The van der Waals surface area contributed by atoms with Gasteiger partial charge in [0.1, 0.15) is 3.70 Å². The van der Waals surface area contributed by atoms with E-state index in [1.54, 1.807) is 0 Å². The van der Waals surface area contributed by atoms with Gasteiger partial charge in [-0.1, -0.05) is 0 Å². The maximum Gasteiger partial charge on any atom is 0.419 e. The minimum Gasteiger partial charge on any atom is -0.397 e. The van der Waals surface area contributed by atoms with Crippen molar-refractivity contribution in [3.63, 3.8) is 0 Å². The highest BCUT2D eigenvalue weighted by Crippen LogP contribution is 2.40. The molecular weight excluding hydrogens is 334 g/mol. The molecule has 2 N–H and O–H groups in total. The van der Waals surface area contributed by atoms with Gasteiger partial charge in [-0.25, -0.2) is 13.8 Å². The van der Waals surface area contributed by atoms with Crippen molar-refractivity contribution in [2.24, 2.45) is 0 Å². The third kappa shape index (κ3) is 2.47. The van der Waals surface area contributed by atoms with Gasteiger partial charge in [-0.15, -0.1) is 0 Å². The minimum atomic E-state index is -4.90. The SMILES string of the molecule is Nc1cnc(I)c(C(F)F)c1C(F)(F)F. The van der Waals surface area contributed by atoms with E-state index in [0.717, 1.165) is 6.20 Å². The van der Waals surface area contributed by atoms with Gasteiger partial charge in [0.15, 0.2) is 0 Å². The van der Waals surface area contributed by atoms with Crippen LogP contribution in [0, 0.1) is 3.70 Å². The fourth-order valence-electron chi connectivity index (χ4n) is 1.03. The molecule has 0 atom stereocenters. The van der Waals surface area contributed by atoms with E-state index in [-0.39, 0.29) is 0 Å². The Morgan fingerprint density at radius 3 is 2.20 bits per heavy atom. The van der Waals surface area contributed by atoms with Gasteiger partial charge in [0, 0.05) is 0 Å². The molecule has 1 rings (SSSR count). The number of rotatable bonds is 1. The number of pyridine rings is 1. The average molecular weight is 338 g/mol. The lowest BCUT2D eigenvalue weighted by molar-refractivity contribution is -0.139. The standard InChI is InChI=1S/C7H4F5IN2/c8-5(9)3-4(7(10,11)12)2(14)1-15-6(3)13/h1,5H,14H2. The zero-order valence-electron chi connectivity index (χ0n) is 6.95. The Morgan fingerprint density at radius 1 is 1.33 bits per heavy atom. The molecule has 8 heteroatoms. The molecular formula is C7H4F5IN2. The van der Waals surface area contributed by atoms with Crippen molar-refractivity contribution in [2.75, 3.05) is 5.73 Å². The second kappa shape index (κ2) is 4.06. The van der Waals surface area contributed by atoms with Gasteiger partial charge in [0.25, 0.3) is 6.43 Å². The Hall–Kier alpha value is -0.670. The fourth-order valence-corrected chi connectivity index (χ4v) is 1.68. The molecule has 0 spiro atoms. The number of anilines is 1. The van der Waals surface area contributed by atoms with Crippen LogP contribution in [0.4, 0.5) is 27.6 Å². The second-order valence-electron chi connectivity index (χ2n) is 2.59. The first-order chi connectivity index (χ1) is 6.75. The predicted octanol–water partition coefficient (Wildman–Crippen LogP) is 3.22. The summed E-state index contributed by atoms with van der Waals surface area (Å²) in [7, 11) is 0. The van der Waals surface area contributed by atoms with Crippen molar-refractivity contribution in [1.29, 1.82) is 0 Å². The molecule has 0 radical (unpaired) electrons. The van der Waals surface area contributed by atoms with Crippen molar-refractivity contribution in [1.82, 2.24) is 4.98 Å². The van der Waals surface area contributed by atoms with Crippen molar-refractivity contribution in [3.8, 4) is 0 Å². The quantitative estimate of drug-likeness (QED) is 0.485. The van der Waals surface area contributed by atoms with Crippen molar-refractivity contribution < 1.29 is 22.0 Å². The van der Waals surface area contributed by atoms with Crippen LogP contribution >= 0.6 is 22.6 Å². The summed E-state index contributed by atoms with van der Waals surface area (Å²) in [5.74, 6) is 0. The van der Waals surface area contributed by atoms with E-state index in [4.69, 9.17) is 5.73 Å².